The Morgan fingerprint density at radius 3 is 1.57 bits per heavy atom. The van der Waals surface area contributed by atoms with Gasteiger partial charge in [0.2, 0.25) is 0 Å². The van der Waals surface area contributed by atoms with E-state index in [0.29, 0.717) is 30.6 Å². The lowest BCUT2D eigenvalue weighted by atomic mass is 10.00. The van der Waals surface area contributed by atoms with Crippen LogP contribution in [0.25, 0.3) is 0 Å². The molecule has 4 rings (SSSR count). The molecule has 37 heavy (non-hydrogen) atoms. The van der Waals surface area contributed by atoms with Crippen molar-refractivity contribution >= 4 is 22.2 Å². The molecule has 0 spiro atoms. The van der Waals surface area contributed by atoms with Crippen LogP contribution in [0.4, 0.5) is 0 Å². The first-order valence-corrected chi connectivity index (χ1v) is 13.4. The van der Waals surface area contributed by atoms with Crippen LogP contribution in [-0.2, 0) is 13.2 Å². The number of halogens is 1. The van der Waals surface area contributed by atoms with Crippen LogP contribution in [0.5, 0.6) is 11.5 Å². The Labute approximate surface area is 229 Å². The van der Waals surface area contributed by atoms with Gasteiger partial charge in [-0.15, -0.1) is 0 Å². The van der Waals surface area contributed by atoms with Gasteiger partial charge in [-0.3, -0.25) is 4.79 Å². The summed E-state index contributed by atoms with van der Waals surface area (Å²) in [5.74, 6) is 2.60. The number of carbonyl (C=O) groups is 1. The van der Waals surface area contributed by atoms with E-state index in [1.807, 2.05) is 72.8 Å². The molecule has 0 aliphatic carbocycles. The van der Waals surface area contributed by atoms with Gasteiger partial charge in [-0.25, -0.2) is 0 Å². The third-order valence-corrected chi connectivity index (χ3v) is 6.35. The molecule has 0 aromatic heterocycles. The van der Waals surface area contributed by atoms with Crippen molar-refractivity contribution in [2.24, 2.45) is 0 Å². The van der Waals surface area contributed by atoms with Gasteiger partial charge in [-0.1, -0.05) is 104 Å². The molecule has 0 unspecified atom stereocenters. The maximum atomic E-state index is 10.8. The van der Waals surface area contributed by atoms with Gasteiger partial charge < -0.3 is 9.47 Å². The van der Waals surface area contributed by atoms with Crippen molar-refractivity contribution in [2.45, 2.75) is 52.7 Å². The van der Waals surface area contributed by atoms with Crippen LogP contribution in [0, 0.1) is 0 Å². The molecule has 0 heterocycles. The smallest absolute Gasteiger partial charge is 0.150 e. The third kappa shape index (κ3) is 8.91. The number of ether oxygens (including phenoxy) is 2. The van der Waals surface area contributed by atoms with E-state index in [0.717, 1.165) is 33.4 Å². The lowest BCUT2D eigenvalue weighted by molar-refractivity contribution is 0.112. The first-order chi connectivity index (χ1) is 17.9. The largest absolute Gasteiger partial charge is 0.489 e. The minimum absolute atomic E-state index is 0.325. The molecular formula is C33H35BrO3. The number of rotatable bonds is 9. The maximum absolute atomic E-state index is 10.8. The van der Waals surface area contributed by atoms with Crippen molar-refractivity contribution in [3.8, 4) is 11.5 Å². The molecule has 0 fully saturated rings. The Balaban J connectivity index is 0.000000206. The van der Waals surface area contributed by atoms with Crippen LogP contribution in [0.1, 0.15) is 72.1 Å². The molecule has 192 valence electrons. The van der Waals surface area contributed by atoms with Gasteiger partial charge in [-0.05, 0) is 70.5 Å². The number of aldehydes is 1. The first-order valence-electron chi connectivity index (χ1n) is 12.6. The van der Waals surface area contributed by atoms with E-state index >= 15 is 0 Å². The molecule has 0 saturated heterocycles. The predicted molar refractivity (Wildman–Crippen MR) is 156 cm³/mol. The molecule has 4 aromatic rings. The second-order valence-corrected chi connectivity index (χ2v) is 10.4. The van der Waals surface area contributed by atoms with Crippen LogP contribution in [0.3, 0.4) is 0 Å². The molecular weight excluding hydrogens is 524 g/mol. The second-order valence-electron chi connectivity index (χ2n) is 9.46. The lowest BCUT2D eigenvalue weighted by Gasteiger charge is -2.14. The van der Waals surface area contributed by atoms with Crippen molar-refractivity contribution in [3.05, 3.63) is 129 Å². The monoisotopic (exact) mass is 558 g/mol. The summed E-state index contributed by atoms with van der Waals surface area (Å²) in [6, 6.07) is 32.0. The molecule has 4 heteroatoms. The van der Waals surface area contributed by atoms with Crippen molar-refractivity contribution in [3.63, 3.8) is 0 Å². The molecule has 0 atom stereocenters. The van der Waals surface area contributed by atoms with Gasteiger partial charge in [-0.2, -0.15) is 0 Å². The molecule has 0 aliphatic rings. The molecule has 4 aromatic carbocycles. The standard InChI is InChI=1S/C17H18O2.C16H17BrO/c1-13(2)16-10-15(11-18)8-9-17(16)19-12-14-6-4-3-5-7-14;1-12(2)15-10-14(17)8-9-16(15)18-11-13-6-4-3-5-7-13/h3-11,13H,12H2,1-2H3;3-10,12H,11H2,1-2H3. The zero-order chi connectivity index (χ0) is 26.6. The topological polar surface area (TPSA) is 35.5 Å². The fraction of sp³-hybridized carbons (Fsp3) is 0.242. The summed E-state index contributed by atoms with van der Waals surface area (Å²) in [5, 5.41) is 0. The van der Waals surface area contributed by atoms with E-state index in [9.17, 15) is 4.79 Å². The summed E-state index contributed by atoms with van der Waals surface area (Å²) < 4.78 is 12.9. The zero-order valence-electron chi connectivity index (χ0n) is 22.0. The second kappa shape index (κ2) is 14.4. The quantitative estimate of drug-likeness (QED) is 0.192. The van der Waals surface area contributed by atoms with Gasteiger partial charge >= 0.3 is 0 Å². The summed E-state index contributed by atoms with van der Waals surface area (Å²) in [6.07, 6.45) is 0.868. The highest BCUT2D eigenvalue weighted by molar-refractivity contribution is 9.10. The van der Waals surface area contributed by atoms with E-state index in [-0.39, 0.29) is 0 Å². The van der Waals surface area contributed by atoms with Crippen LogP contribution in [-0.4, -0.2) is 6.29 Å². The number of benzene rings is 4. The third-order valence-electron chi connectivity index (χ3n) is 5.86. The average molecular weight is 560 g/mol. The van der Waals surface area contributed by atoms with E-state index in [1.165, 1.54) is 11.1 Å². The van der Waals surface area contributed by atoms with Gasteiger partial charge in [0.1, 0.15) is 31.0 Å². The zero-order valence-corrected chi connectivity index (χ0v) is 23.6. The summed E-state index contributed by atoms with van der Waals surface area (Å²) in [7, 11) is 0. The van der Waals surface area contributed by atoms with Crippen LogP contribution in [0.2, 0.25) is 0 Å². The molecule has 0 radical (unpaired) electrons. The molecule has 0 aliphatic heterocycles. The van der Waals surface area contributed by atoms with Gasteiger partial charge in [0, 0.05) is 10.0 Å². The molecule has 0 bridgehead atoms. The Kier molecular flexibility index (Phi) is 11.0. The van der Waals surface area contributed by atoms with Crippen molar-refractivity contribution < 1.29 is 14.3 Å². The summed E-state index contributed by atoms with van der Waals surface area (Å²) in [4.78, 5) is 10.8. The first kappa shape index (κ1) is 28.2. The molecule has 0 N–H and O–H groups in total. The van der Waals surface area contributed by atoms with Gasteiger partial charge in [0.15, 0.2) is 0 Å². The summed E-state index contributed by atoms with van der Waals surface area (Å²) in [5.41, 5.74) is 5.32. The summed E-state index contributed by atoms with van der Waals surface area (Å²) >= 11 is 3.51. The minimum Gasteiger partial charge on any atom is -0.489 e. The number of hydrogen-bond donors (Lipinski definition) is 0. The number of hydrogen-bond acceptors (Lipinski definition) is 3. The number of carbonyl (C=O) groups excluding carboxylic acids is 1. The van der Waals surface area contributed by atoms with Crippen molar-refractivity contribution in [2.75, 3.05) is 0 Å². The van der Waals surface area contributed by atoms with Crippen LogP contribution >= 0.6 is 15.9 Å². The fourth-order valence-corrected chi connectivity index (χ4v) is 4.17. The average Bonchev–Trinajstić information content (AvgIpc) is 2.92. The van der Waals surface area contributed by atoms with Gasteiger partial charge in [0.05, 0.1) is 0 Å². The van der Waals surface area contributed by atoms with E-state index in [4.69, 9.17) is 9.47 Å². The molecule has 0 saturated carbocycles. The normalized spacial score (nSPS) is 10.6. The van der Waals surface area contributed by atoms with E-state index < -0.39 is 0 Å². The predicted octanol–water partition coefficient (Wildman–Crippen LogP) is 9.35. The van der Waals surface area contributed by atoms with E-state index in [2.05, 4.69) is 61.8 Å². The Bertz CT molecular complexity index is 1250. The minimum atomic E-state index is 0.325. The van der Waals surface area contributed by atoms with Crippen LogP contribution in [0.15, 0.2) is 102 Å². The highest BCUT2D eigenvalue weighted by Gasteiger charge is 2.10. The van der Waals surface area contributed by atoms with Crippen LogP contribution < -0.4 is 9.47 Å². The highest BCUT2D eigenvalue weighted by atomic mass is 79.9. The van der Waals surface area contributed by atoms with Gasteiger partial charge in [0.25, 0.3) is 0 Å². The maximum Gasteiger partial charge on any atom is 0.150 e. The van der Waals surface area contributed by atoms with Crippen molar-refractivity contribution in [1.82, 2.24) is 0 Å². The molecule has 3 nitrogen and oxygen atoms in total. The highest BCUT2D eigenvalue weighted by Crippen LogP contribution is 2.30. The fourth-order valence-electron chi connectivity index (χ4n) is 3.80. The van der Waals surface area contributed by atoms with Crippen molar-refractivity contribution in [1.29, 1.82) is 0 Å². The lowest BCUT2D eigenvalue weighted by Crippen LogP contribution is -2.00. The Morgan fingerprint density at radius 1 is 0.649 bits per heavy atom. The Morgan fingerprint density at radius 2 is 1.11 bits per heavy atom. The van der Waals surface area contributed by atoms with E-state index in [1.54, 1.807) is 6.07 Å². The SMILES string of the molecule is CC(C)c1cc(Br)ccc1OCc1ccccc1.CC(C)c1cc(C=O)ccc1OCc1ccccc1. The summed E-state index contributed by atoms with van der Waals surface area (Å²) in [6.45, 7) is 9.70. The Hall–Kier alpha value is -3.37. The molecule has 0 amide bonds.